The molecule has 1 aromatic carbocycles. The van der Waals surface area contributed by atoms with Gasteiger partial charge in [-0.2, -0.15) is 0 Å². The zero-order valence-electron chi connectivity index (χ0n) is 12.5. The van der Waals surface area contributed by atoms with Crippen LogP contribution in [0.1, 0.15) is 38.2 Å². The summed E-state index contributed by atoms with van der Waals surface area (Å²) in [5.41, 5.74) is 8.69. The molecule has 20 heavy (non-hydrogen) atoms. The first-order chi connectivity index (χ1) is 9.66. The van der Waals surface area contributed by atoms with Gasteiger partial charge in [-0.25, -0.2) is 0 Å². The molecule has 0 aromatic heterocycles. The fraction of sp³-hybridized carbons (Fsp3) is 0.588. The summed E-state index contributed by atoms with van der Waals surface area (Å²) in [5, 5.41) is 0. The van der Waals surface area contributed by atoms with Gasteiger partial charge in [0.25, 0.3) is 0 Å². The first kappa shape index (κ1) is 13.5. The second-order valence-electron chi connectivity index (χ2n) is 6.44. The number of guanidine groups is 1. The van der Waals surface area contributed by atoms with Crippen LogP contribution in [-0.4, -0.2) is 18.5 Å². The molecule has 0 bridgehead atoms. The molecular formula is C17H25N3. The highest BCUT2D eigenvalue weighted by molar-refractivity contribution is 5.97. The summed E-state index contributed by atoms with van der Waals surface area (Å²) in [5.74, 6) is 2.32. The van der Waals surface area contributed by atoms with Gasteiger partial charge >= 0.3 is 0 Å². The largest absolute Gasteiger partial charge is 0.370 e. The normalized spacial score (nSPS) is 30.4. The first-order valence-corrected chi connectivity index (χ1v) is 7.81. The second-order valence-corrected chi connectivity index (χ2v) is 6.44. The average molecular weight is 271 g/mol. The van der Waals surface area contributed by atoms with Crippen molar-refractivity contribution in [2.24, 2.45) is 22.6 Å². The van der Waals surface area contributed by atoms with E-state index in [0.717, 1.165) is 18.4 Å². The average Bonchev–Trinajstić information content (AvgIpc) is 2.82. The number of rotatable bonds is 2. The van der Waals surface area contributed by atoms with Crippen molar-refractivity contribution in [3.05, 3.63) is 29.8 Å². The maximum Gasteiger partial charge on any atom is 0.196 e. The number of aryl methyl sites for hydroxylation is 1. The van der Waals surface area contributed by atoms with E-state index in [-0.39, 0.29) is 0 Å². The van der Waals surface area contributed by atoms with Gasteiger partial charge < -0.3 is 10.6 Å². The second kappa shape index (κ2) is 5.47. The van der Waals surface area contributed by atoms with Gasteiger partial charge in [-0.1, -0.05) is 38.0 Å². The maximum absolute atomic E-state index is 6.18. The molecule has 2 aliphatic rings. The molecule has 3 rings (SSSR count). The molecule has 1 aliphatic carbocycles. The standard InChI is InChI=1S/C17H25N3/c1-12-7-9-14(10-8-12)16-11-19-17(18)20(16)15-6-4-3-5-13(15)2/h3-6,12,14,16H,7-11H2,1-2H3,(H2,18,19). The van der Waals surface area contributed by atoms with Gasteiger partial charge in [0.05, 0.1) is 12.6 Å². The number of nitrogens with zero attached hydrogens (tertiary/aromatic N) is 2. The molecule has 1 unspecified atom stereocenters. The lowest BCUT2D eigenvalue weighted by Crippen LogP contribution is -2.46. The Kier molecular flexibility index (Phi) is 3.68. The van der Waals surface area contributed by atoms with Gasteiger partial charge in [0.1, 0.15) is 0 Å². The summed E-state index contributed by atoms with van der Waals surface area (Å²) in [4.78, 5) is 6.82. The highest BCUT2D eigenvalue weighted by atomic mass is 15.3. The first-order valence-electron chi connectivity index (χ1n) is 7.81. The SMILES string of the molecule is Cc1ccccc1N1C(N)=NCC1C1CCC(C)CC1. The van der Waals surface area contributed by atoms with Gasteiger partial charge in [0.2, 0.25) is 0 Å². The molecule has 1 fully saturated rings. The number of anilines is 1. The lowest BCUT2D eigenvalue weighted by atomic mass is 9.79. The number of hydrogen-bond acceptors (Lipinski definition) is 3. The molecule has 0 radical (unpaired) electrons. The Hall–Kier alpha value is -1.51. The summed E-state index contributed by atoms with van der Waals surface area (Å²) in [6.07, 6.45) is 5.33. The van der Waals surface area contributed by atoms with Crippen LogP contribution in [0.15, 0.2) is 29.3 Å². The minimum Gasteiger partial charge on any atom is -0.370 e. The molecule has 1 atom stereocenters. The third-order valence-electron chi connectivity index (χ3n) is 5.00. The molecule has 1 aliphatic heterocycles. The summed E-state index contributed by atoms with van der Waals surface area (Å²) in [6, 6.07) is 8.96. The Labute approximate surface area is 121 Å². The van der Waals surface area contributed by atoms with Crippen LogP contribution in [0.3, 0.4) is 0 Å². The van der Waals surface area contributed by atoms with E-state index in [2.05, 4.69) is 48.0 Å². The summed E-state index contributed by atoms with van der Waals surface area (Å²) in [6.45, 7) is 5.38. The van der Waals surface area contributed by atoms with E-state index in [1.807, 2.05) is 0 Å². The minimum absolute atomic E-state index is 0.462. The third-order valence-corrected chi connectivity index (χ3v) is 5.00. The molecule has 1 saturated carbocycles. The molecular weight excluding hydrogens is 246 g/mol. The summed E-state index contributed by atoms with van der Waals surface area (Å²) < 4.78 is 0. The highest BCUT2D eigenvalue weighted by Crippen LogP contribution is 2.36. The summed E-state index contributed by atoms with van der Waals surface area (Å²) in [7, 11) is 0. The molecule has 3 heteroatoms. The zero-order chi connectivity index (χ0) is 14.1. The Bertz CT molecular complexity index is 501. The van der Waals surface area contributed by atoms with Crippen molar-refractivity contribution < 1.29 is 0 Å². The van der Waals surface area contributed by atoms with Gasteiger partial charge in [0, 0.05) is 5.69 Å². The number of para-hydroxylation sites is 1. The van der Waals surface area contributed by atoms with Gasteiger partial charge in [0.15, 0.2) is 5.96 Å². The van der Waals surface area contributed by atoms with Gasteiger partial charge in [-0.15, -0.1) is 0 Å². The van der Waals surface area contributed by atoms with E-state index in [4.69, 9.17) is 5.73 Å². The van der Waals surface area contributed by atoms with Crippen molar-refractivity contribution in [2.45, 2.75) is 45.6 Å². The monoisotopic (exact) mass is 271 g/mol. The van der Waals surface area contributed by atoms with Gasteiger partial charge in [-0.05, 0) is 43.2 Å². The maximum atomic E-state index is 6.18. The van der Waals surface area contributed by atoms with Crippen molar-refractivity contribution >= 4 is 11.6 Å². The van der Waals surface area contributed by atoms with Crippen molar-refractivity contribution in [3.8, 4) is 0 Å². The molecule has 1 heterocycles. The van der Waals surface area contributed by atoms with E-state index in [9.17, 15) is 0 Å². The fourth-order valence-electron chi connectivity index (χ4n) is 3.68. The Morgan fingerprint density at radius 3 is 2.55 bits per heavy atom. The zero-order valence-corrected chi connectivity index (χ0v) is 12.5. The number of hydrogen-bond donors (Lipinski definition) is 1. The lowest BCUT2D eigenvalue weighted by molar-refractivity contribution is 0.261. The molecule has 0 saturated heterocycles. The Balaban J connectivity index is 1.84. The summed E-state index contributed by atoms with van der Waals surface area (Å²) >= 11 is 0. The smallest absolute Gasteiger partial charge is 0.196 e. The van der Waals surface area contributed by atoms with Crippen LogP contribution in [0.5, 0.6) is 0 Å². The van der Waals surface area contributed by atoms with Crippen LogP contribution >= 0.6 is 0 Å². The van der Waals surface area contributed by atoms with Crippen molar-refractivity contribution in [2.75, 3.05) is 11.4 Å². The van der Waals surface area contributed by atoms with Crippen LogP contribution < -0.4 is 10.6 Å². The Morgan fingerprint density at radius 1 is 1.15 bits per heavy atom. The lowest BCUT2D eigenvalue weighted by Gasteiger charge is -2.36. The van der Waals surface area contributed by atoms with Crippen LogP contribution in [-0.2, 0) is 0 Å². The van der Waals surface area contributed by atoms with Crippen molar-refractivity contribution in [1.29, 1.82) is 0 Å². The predicted molar refractivity (Wildman–Crippen MR) is 85.1 cm³/mol. The number of benzene rings is 1. The van der Waals surface area contributed by atoms with Crippen LogP contribution in [0.4, 0.5) is 5.69 Å². The highest BCUT2D eigenvalue weighted by Gasteiger charge is 2.35. The predicted octanol–water partition coefficient (Wildman–Crippen LogP) is 3.32. The molecule has 0 spiro atoms. The van der Waals surface area contributed by atoms with Crippen molar-refractivity contribution in [3.63, 3.8) is 0 Å². The molecule has 0 amide bonds. The third kappa shape index (κ3) is 2.41. The van der Waals surface area contributed by atoms with Crippen LogP contribution in [0.25, 0.3) is 0 Å². The Morgan fingerprint density at radius 2 is 1.85 bits per heavy atom. The minimum atomic E-state index is 0.462. The van der Waals surface area contributed by atoms with Crippen molar-refractivity contribution in [1.82, 2.24) is 0 Å². The van der Waals surface area contributed by atoms with Gasteiger partial charge in [-0.3, -0.25) is 4.99 Å². The quantitative estimate of drug-likeness (QED) is 0.896. The van der Waals surface area contributed by atoms with Crippen LogP contribution in [0.2, 0.25) is 0 Å². The number of nitrogens with two attached hydrogens (primary N) is 1. The van der Waals surface area contributed by atoms with E-state index in [1.54, 1.807) is 0 Å². The van der Waals surface area contributed by atoms with E-state index >= 15 is 0 Å². The molecule has 108 valence electrons. The van der Waals surface area contributed by atoms with E-state index < -0.39 is 0 Å². The molecule has 3 nitrogen and oxygen atoms in total. The van der Waals surface area contributed by atoms with E-state index in [1.165, 1.54) is 36.9 Å². The molecule has 2 N–H and O–H groups in total. The van der Waals surface area contributed by atoms with Crippen LogP contribution in [0, 0.1) is 18.8 Å². The topological polar surface area (TPSA) is 41.6 Å². The number of aliphatic imine (C=N–C) groups is 1. The molecule has 1 aromatic rings. The fourth-order valence-corrected chi connectivity index (χ4v) is 3.68. The van der Waals surface area contributed by atoms with E-state index in [0.29, 0.717) is 12.0 Å².